The Morgan fingerprint density at radius 3 is 2.30 bits per heavy atom. The van der Waals surface area contributed by atoms with E-state index >= 15 is 0 Å². The van der Waals surface area contributed by atoms with Crippen LogP contribution in [0.25, 0.3) is 16.8 Å². The minimum absolute atomic E-state index is 0.889. The van der Waals surface area contributed by atoms with Crippen molar-refractivity contribution in [1.82, 2.24) is 9.38 Å². The van der Waals surface area contributed by atoms with E-state index in [9.17, 15) is 0 Å². The van der Waals surface area contributed by atoms with E-state index < -0.39 is 0 Å². The van der Waals surface area contributed by atoms with E-state index in [1.807, 2.05) is 59.1 Å². The average Bonchev–Trinajstić information content (AvgIpc) is 2.98. The van der Waals surface area contributed by atoms with Crippen molar-refractivity contribution >= 4 is 33.0 Å². The number of benzene rings is 2. The van der Waals surface area contributed by atoms with Gasteiger partial charge in [0.1, 0.15) is 4.60 Å². The first-order valence-electron chi connectivity index (χ1n) is 7.35. The number of nitrogens with zero attached hydrogens (tertiary/aromatic N) is 2. The predicted molar refractivity (Wildman–Crippen MR) is 98.1 cm³/mol. The first-order chi connectivity index (χ1) is 11.3. The van der Waals surface area contributed by atoms with Gasteiger partial charge in [0.2, 0.25) is 0 Å². The van der Waals surface area contributed by atoms with Crippen LogP contribution in [0.1, 0.15) is 0 Å². The van der Waals surface area contributed by atoms with Crippen LogP contribution in [-0.4, -0.2) is 9.38 Å². The molecule has 23 heavy (non-hydrogen) atoms. The van der Waals surface area contributed by atoms with Gasteiger partial charge in [0.05, 0.1) is 11.9 Å². The van der Waals surface area contributed by atoms with Crippen LogP contribution in [0.5, 0.6) is 0 Å². The molecule has 2 heterocycles. The lowest BCUT2D eigenvalue weighted by Crippen LogP contribution is -1.96. The van der Waals surface area contributed by atoms with E-state index in [2.05, 4.69) is 50.6 Å². The second-order valence-corrected chi connectivity index (χ2v) is 6.09. The minimum Gasteiger partial charge on any atom is -0.352 e. The fourth-order valence-electron chi connectivity index (χ4n) is 2.62. The van der Waals surface area contributed by atoms with Gasteiger partial charge < -0.3 is 5.32 Å². The summed E-state index contributed by atoms with van der Waals surface area (Å²) in [5.41, 5.74) is 5.21. The number of nitrogens with one attached hydrogen (secondary N) is 1. The third-order valence-electron chi connectivity index (χ3n) is 3.72. The summed E-state index contributed by atoms with van der Waals surface area (Å²) in [6.07, 6.45) is 3.91. The molecule has 0 amide bonds. The molecule has 0 saturated heterocycles. The van der Waals surface area contributed by atoms with Gasteiger partial charge in [0.15, 0.2) is 5.65 Å². The van der Waals surface area contributed by atoms with Gasteiger partial charge in [0.25, 0.3) is 0 Å². The Morgan fingerprint density at radius 1 is 0.870 bits per heavy atom. The average molecular weight is 364 g/mol. The van der Waals surface area contributed by atoms with Gasteiger partial charge in [-0.1, -0.05) is 48.5 Å². The number of hydrogen-bond donors (Lipinski definition) is 1. The molecular weight excluding hydrogens is 350 g/mol. The molecule has 0 atom stereocenters. The fraction of sp³-hybridized carbons (Fsp3) is 0. The normalized spacial score (nSPS) is 10.8. The molecule has 4 heteroatoms. The molecule has 0 bridgehead atoms. The summed E-state index contributed by atoms with van der Waals surface area (Å²) in [6.45, 7) is 0. The maximum Gasteiger partial charge on any atom is 0.161 e. The number of imidazole rings is 1. The Hall–Kier alpha value is -2.59. The number of halogens is 1. The van der Waals surface area contributed by atoms with Crippen LogP contribution in [0, 0.1) is 0 Å². The zero-order valence-corrected chi connectivity index (χ0v) is 13.9. The van der Waals surface area contributed by atoms with E-state index in [0.29, 0.717) is 0 Å². The smallest absolute Gasteiger partial charge is 0.161 e. The highest BCUT2D eigenvalue weighted by molar-refractivity contribution is 9.10. The quantitative estimate of drug-likeness (QED) is 0.520. The summed E-state index contributed by atoms with van der Waals surface area (Å²) >= 11 is 3.57. The maximum atomic E-state index is 4.50. The van der Waals surface area contributed by atoms with Gasteiger partial charge >= 0.3 is 0 Å². The van der Waals surface area contributed by atoms with Crippen molar-refractivity contribution < 1.29 is 0 Å². The second kappa shape index (κ2) is 5.89. The standard InChI is InChI=1S/C19H14BrN3/c20-18-12-21-19-17(22-16-9-5-2-6-10-16)11-15(13-23(18)19)14-7-3-1-4-8-14/h1-13,22H. The molecule has 0 unspecified atom stereocenters. The number of hydrogen-bond acceptors (Lipinski definition) is 2. The Bertz CT molecular complexity index is 946. The molecule has 2 aromatic heterocycles. The number of rotatable bonds is 3. The van der Waals surface area contributed by atoms with Crippen LogP contribution in [0.4, 0.5) is 11.4 Å². The summed E-state index contributed by atoms with van der Waals surface area (Å²) in [4.78, 5) is 4.50. The van der Waals surface area contributed by atoms with E-state index in [4.69, 9.17) is 0 Å². The number of para-hydroxylation sites is 1. The van der Waals surface area contributed by atoms with Crippen LogP contribution in [0.15, 0.2) is 83.7 Å². The van der Waals surface area contributed by atoms with Crippen LogP contribution in [0.2, 0.25) is 0 Å². The summed E-state index contributed by atoms with van der Waals surface area (Å²) in [7, 11) is 0. The number of aromatic nitrogens is 2. The van der Waals surface area contributed by atoms with Gasteiger partial charge in [-0.15, -0.1) is 0 Å². The Kier molecular flexibility index (Phi) is 3.60. The summed E-state index contributed by atoms with van der Waals surface area (Å²) in [5, 5.41) is 3.47. The topological polar surface area (TPSA) is 29.3 Å². The van der Waals surface area contributed by atoms with Gasteiger partial charge in [-0.3, -0.25) is 4.40 Å². The van der Waals surface area contributed by atoms with Crippen molar-refractivity contribution in [2.75, 3.05) is 5.32 Å². The van der Waals surface area contributed by atoms with Gasteiger partial charge in [-0.05, 0) is 39.7 Å². The number of anilines is 2. The van der Waals surface area contributed by atoms with Crippen molar-refractivity contribution in [2.24, 2.45) is 0 Å². The summed E-state index contributed by atoms with van der Waals surface area (Å²) in [6, 6.07) is 22.6. The lowest BCUT2D eigenvalue weighted by molar-refractivity contribution is 1.16. The van der Waals surface area contributed by atoms with E-state index in [1.165, 1.54) is 5.56 Å². The van der Waals surface area contributed by atoms with Crippen LogP contribution in [0.3, 0.4) is 0 Å². The lowest BCUT2D eigenvalue weighted by atomic mass is 10.1. The molecule has 2 aromatic carbocycles. The highest BCUT2D eigenvalue weighted by Crippen LogP contribution is 2.30. The summed E-state index contributed by atoms with van der Waals surface area (Å²) < 4.78 is 2.98. The predicted octanol–water partition coefficient (Wildman–Crippen LogP) is 5.51. The monoisotopic (exact) mass is 363 g/mol. The second-order valence-electron chi connectivity index (χ2n) is 5.27. The van der Waals surface area contributed by atoms with Crippen LogP contribution >= 0.6 is 15.9 Å². The van der Waals surface area contributed by atoms with Crippen molar-refractivity contribution in [3.05, 3.63) is 83.7 Å². The SMILES string of the molecule is Brc1cnc2c(Nc3ccccc3)cc(-c3ccccc3)cn12. The first-order valence-corrected chi connectivity index (χ1v) is 8.15. The first kappa shape index (κ1) is 14.0. The maximum absolute atomic E-state index is 4.50. The van der Waals surface area contributed by atoms with Crippen LogP contribution < -0.4 is 5.32 Å². The van der Waals surface area contributed by atoms with Crippen molar-refractivity contribution in [3.63, 3.8) is 0 Å². The third-order valence-corrected chi connectivity index (χ3v) is 4.31. The Morgan fingerprint density at radius 2 is 1.57 bits per heavy atom. The lowest BCUT2D eigenvalue weighted by Gasteiger charge is -2.11. The van der Waals surface area contributed by atoms with E-state index in [1.54, 1.807) is 0 Å². The highest BCUT2D eigenvalue weighted by Gasteiger charge is 2.10. The zero-order chi connectivity index (χ0) is 15.6. The molecule has 0 aliphatic heterocycles. The molecule has 3 nitrogen and oxygen atoms in total. The molecule has 0 aliphatic rings. The van der Waals surface area contributed by atoms with Gasteiger partial charge in [-0.25, -0.2) is 4.98 Å². The Labute approximate surface area is 142 Å². The number of pyridine rings is 1. The van der Waals surface area contributed by atoms with Crippen molar-refractivity contribution in [1.29, 1.82) is 0 Å². The Balaban J connectivity index is 1.88. The fourth-order valence-corrected chi connectivity index (χ4v) is 2.99. The summed E-state index contributed by atoms with van der Waals surface area (Å²) in [5.74, 6) is 0. The molecule has 0 fully saturated rings. The van der Waals surface area contributed by atoms with Gasteiger partial charge in [0, 0.05) is 17.4 Å². The number of fused-ring (bicyclic) bond motifs is 1. The van der Waals surface area contributed by atoms with E-state index in [-0.39, 0.29) is 0 Å². The molecule has 4 aromatic rings. The highest BCUT2D eigenvalue weighted by atomic mass is 79.9. The van der Waals surface area contributed by atoms with Gasteiger partial charge in [-0.2, -0.15) is 0 Å². The van der Waals surface area contributed by atoms with Crippen molar-refractivity contribution in [3.8, 4) is 11.1 Å². The van der Waals surface area contributed by atoms with Crippen LogP contribution in [-0.2, 0) is 0 Å². The minimum atomic E-state index is 0.889. The molecule has 0 saturated carbocycles. The molecule has 4 rings (SSSR count). The molecule has 1 N–H and O–H groups in total. The molecule has 0 aliphatic carbocycles. The molecular formula is C19H14BrN3. The molecule has 0 spiro atoms. The van der Waals surface area contributed by atoms with E-state index in [0.717, 1.165) is 27.2 Å². The third kappa shape index (κ3) is 2.73. The zero-order valence-electron chi connectivity index (χ0n) is 12.3. The molecule has 112 valence electrons. The molecule has 0 radical (unpaired) electrons. The largest absolute Gasteiger partial charge is 0.352 e. The van der Waals surface area contributed by atoms with Crippen molar-refractivity contribution in [2.45, 2.75) is 0 Å².